The molecule has 0 bridgehead atoms. The van der Waals surface area contributed by atoms with Crippen LogP contribution in [0.1, 0.15) is 68.2 Å². The van der Waals surface area contributed by atoms with E-state index in [1.165, 1.54) is 24.7 Å². The van der Waals surface area contributed by atoms with E-state index in [1.54, 1.807) is 42.6 Å². The minimum atomic E-state index is -0.346. The molecule has 0 aromatic heterocycles. The molecule has 2 aliphatic rings. The van der Waals surface area contributed by atoms with Crippen molar-refractivity contribution in [1.29, 1.82) is 0 Å². The van der Waals surface area contributed by atoms with Crippen LogP contribution in [0.2, 0.25) is 0 Å². The summed E-state index contributed by atoms with van der Waals surface area (Å²) in [5, 5.41) is 2.75. The van der Waals surface area contributed by atoms with E-state index in [9.17, 15) is 19.2 Å². The van der Waals surface area contributed by atoms with Gasteiger partial charge in [0.25, 0.3) is 0 Å². The molecule has 2 atom stereocenters. The second kappa shape index (κ2) is 23.0. The molecular weight excluding hydrogens is 472 g/mol. The van der Waals surface area contributed by atoms with Crippen LogP contribution in [-0.4, -0.2) is 135 Å². The Hall–Kier alpha value is -2.20. The molecule has 2 aliphatic heterocycles. The lowest BCUT2D eigenvalue weighted by atomic mass is 10.2. The van der Waals surface area contributed by atoms with Crippen molar-refractivity contribution < 1.29 is 19.2 Å². The number of nitrogens with one attached hydrogen (secondary N) is 1. The molecule has 2 unspecified atom stereocenters. The minimum Gasteiger partial charge on any atom is -0.347 e. The zero-order chi connectivity index (χ0) is 29.7. The summed E-state index contributed by atoms with van der Waals surface area (Å²) in [6.07, 6.45) is 2.50. The number of piperazine rings is 2. The van der Waals surface area contributed by atoms with Crippen molar-refractivity contribution in [1.82, 2.24) is 29.8 Å². The highest BCUT2D eigenvalue weighted by atomic mass is 16.2. The molecule has 2 rings (SSSR count). The average Bonchev–Trinajstić information content (AvgIpc) is 2.81. The van der Waals surface area contributed by atoms with Gasteiger partial charge < -0.3 is 24.9 Å². The fraction of sp³-hybridized carbons (Fsp3) is 0.852. The first kappa shape index (κ1) is 39.3. The second-order valence-corrected chi connectivity index (χ2v) is 9.45. The van der Waals surface area contributed by atoms with Gasteiger partial charge in [-0.15, -0.1) is 0 Å². The number of nitrogens with zero attached hydrogens (tertiary/aromatic N) is 5. The van der Waals surface area contributed by atoms with Crippen LogP contribution < -0.4 is 5.32 Å². The molecule has 4 amide bonds. The van der Waals surface area contributed by atoms with Gasteiger partial charge in [-0.3, -0.25) is 24.1 Å². The summed E-state index contributed by atoms with van der Waals surface area (Å²) in [6.45, 7) is 19.5. The Bertz CT molecular complexity index is 640. The Balaban J connectivity index is -0.000000476. The van der Waals surface area contributed by atoms with Crippen molar-refractivity contribution in [2.24, 2.45) is 0 Å². The lowest BCUT2D eigenvalue weighted by Crippen LogP contribution is -2.56. The quantitative estimate of drug-likeness (QED) is 0.600. The normalized spacial score (nSPS) is 18.0. The Morgan fingerprint density at radius 2 is 1.43 bits per heavy atom. The van der Waals surface area contributed by atoms with Crippen molar-refractivity contribution in [3.63, 3.8) is 0 Å². The molecule has 0 aromatic rings. The lowest BCUT2D eigenvalue weighted by molar-refractivity contribution is -0.149. The molecule has 0 aliphatic carbocycles. The van der Waals surface area contributed by atoms with Crippen molar-refractivity contribution in [2.45, 2.75) is 80.3 Å². The van der Waals surface area contributed by atoms with Gasteiger partial charge in [0, 0.05) is 53.7 Å². The van der Waals surface area contributed by atoms with Crippen LogP contribution in [0.5, 0.6) is 0 Å². The number of hydrogen-bond acceptors (Lipinski definition) is 6. The van der Waals surface area contributed by atoms with E-state index < -0.39 is 0 Å². The first-order valence-electron chi connectivity index (χ1n) is 13.6. The fourth-order valence-electron chi connectivity index (χ4n) is 3.39. The zero-order valence-corrected chi connectivity index (χ0v) is 26.2. The molecule has 37 heavy (non-hydrogen) atoms. The fourth-order valence-corrected chi connectivity index (χ4v) is 3.39. The summed E-state index contributed by atoms with van der Waals surface area (Å²) in [5.74, 6) is 0.0555. The van der Waals surface area contributed by atoms with E-state index in [0.29, 0.717) is 26.2 Å². The highest BCUT2D eigenvalue weighted by Gasteiger charge is 2.32. The zero-order valence-electron chi connectivity index (χ0n) is 26.2. The maximum Gasteiger partial charge on any atom is 0.245 e. The molecule has 0 saturated carbocycles. The second-order valence-electron chi connectivity index (χ2n) is 9.45. The highest BCUT2D eigenvalue weighted by Crippen LogP contribution is 2.10. The van der Waals surface area contributed by atoms with Gasteiger partial charge in [-0.1, -0.05) is 40.5 Å². The molecule has 0 radical (unpaired) electrons. The number of carbonyl (C=O) groups excluding carboxylic acids is 4. The molecular formula is C27H58N6O4. The molecule has 10 heteroatoms. The molecule has 0 aromatic carbocycles. The van der Waals surface area contributed by atoms with Crippen LogP contribution in [0, 0.1) is 0 Å². The highest BCUT2D eigenvalue weighted by molar-refractivity contribution is 5.88. The Morgan fingerprint density at radius 3 is 1.78 bits per heavy atom. The maximum absolute atomic E-state index is 11.7. The Kier molecular flexibility index (Phi) is 24.4. The first-order valence-corrected chi connectivity index (χ1v) is 13.6. The summed E-state index contributed by atoms with van der Waals surface area (Å²) in [6, 6.07) is -0.632. The molecule has 10 nitrogen and oxygen atoms in total. The van der Waals surface area contributed by atoms with Gasteiger partial charge in [0.15, 0.2) is 0 Å². The van der Waals surface area contributed by atoms with Crippen molar-refractivity contribution in [2.75, 3.05) is 74.5 Å². The third-order valence-electron chi connectivity index (χ3n) is 5.25. The Morgan fingerprint density at radius 1 is 0.973 bits per heavy atom. The van der Waals surface area contributed by atoms with Crippen molar-refractivity contribution >= 4 is 23.6 Å². The summed E-state index contributed by atoms with van der Waals surface area (Å²) >= 11 is 0. The largest absolute Gasteiger partial charge is 0.347 e. The van der Waals surface area contributed by atoms with Gasteiger partial charge in [0.2, 0.25) is 23.6 Å². The van der Waals surface area contributed by atoms with E-state index in [4.69, 9.17) is 0 Å². The monoisotopic (exact) mass is 530 g/mol. The van der Waals surface area contributed by atoms with E-state index in [2.05, 4.69) is 33.0 Å². The summed E-state index contributed by atoms with van der Waals surface area (Å²) in [7, 11) is 9.08. The number of rotatable bonds is 3. The van der Waals surface area contributed by atoms with Crippen LogP contribution in [0.25, 0.3) is 0 Å². The van der Waals surface area contributed by atoms with Crippen LogP contribution in [0.15, 0.2) is 0 Å². The van der Waals surface area contributed by atoms with Crippen LogP contribution in [0.3, 0.4) is 0 Å². The van der Waals surface area contributed by atoms with Crippen LogP contribution >= 0.6 is 0 Å². The molecule has 220 valence electrons. The third-order valence-corrected chi connectivity index (χ3v) is 5.25. The van der Waals surface area contributed by atoms with Crippen molar-refractivity contribution in [3.05, 3.63) is 0 Å². The summed E-state index contributed by atoms with van der Waals surface area (Å²) in [5.41, 5.74) is 0. The number of carbonyl (C=O) groups is 4. The first-order chi connectivity index (χ1) is 17.2. The van der Waals surface area contributed by atoms with Gasteiger partial charge in [-0.05, 0) is 41.9 Å². The number of hydrogen-bond donors (Lipinski definition) is 1. The predicted octanol–water partition coefficient (Wildman–Crippen LogP) is 1.99. The average molecular weight is 531 g/mol. The van der Waals surface area contributed by atoms with Crippen molar-refractivity contribution in [3.8, 4) is 0 Å². The SMILES string of the molecule is CC(C(=O)N(C)C)N1CCN(C)CC1=O.CCC.CCC.CCN1CCN(C(C)=O)C(C)C1=O.CNC. The number of amides is 4. The Labute approximate surface area is 227 Å². The van der Waals surface area contributed by atoms with Gasteiger partial charge in [0.1, 0.15) is 12.1 Å². The van der Waals surface area contributed by atoms with Gasteiger partial charge >= 0.3 is 0 Å². The van der Waals surface area contributed by atoms with Crippen LogP contribution in [-0.2, 0) is 19.2 Å². The standard InChI is InChI=1S/C10H19N3O2.C9H16N2O2.2C3H8.C2H7N/c1-8(10(15)11(2)3)13-6-5-12(4)7-9(13)14;1-4-10-5-6-11(8(3)12)7(2)9(10)13;3*1-3-2/h8H,5-7H2,1-4H3;7H,4-6H2,1-3H3;2*3H2,1-2H3;3H,1-2H3. The van der Waals surface area contributed by atoms with E-state index in [-0.39, 0.29) is 35.7 Å². The topological polar surface area (TPSA) is 96.5 Å². The molecule has 1 N–H and O–H groups in total. The van der Waals surface area contributed by atoms with Crippen LogP contribution in [0.4, 0.5) is 0 Å². The van der Waals surface area contributed by atoms with E-state index in [0.717, 1.165) is 13.1 Å². The third kappa shape index (κ3) is 16.3. The van der Waals surface area contributed by atoms with E-state index >= 15 is 0 Å². The molecule has 0 spiro atoms. The van der Waals surface area contributed by atoms with Gasteiger partial charge in [0.05, 0.1) is 6.54 Å². The lowest BCUT2D eigenvalue weighted by Gasteiger charge is -2.38. The minimum absolute atomic E-state index is 0.0170. The summed E-state index contributed by atoms with van der Waals surface area (Å²) in [4.78, 5) is 54.6. The smallest absolute Gasteiger partial charge is 0.245 e. The maximum atomic E-state index is 11.7. The van der Waals surface area contributed by atoms with Gasteiger partial charge in [-0.25, -0.2) is 0 Å². The van der Waals surface area contributed by atoms with Gasteiger partial charge in [-0.2, -0.15) is 0 Å². The molecule has 2 saturated heterocycles. The molecule has 2 heterocycles. The molecule has 2 fully saturated rings. The van der Waals surface area contributed by atoms with E-state index in [1.807, 2.05) is 33.0 Å². The summed E-state index contributed by atoms with van der Waals surface area (Å²) < 4.78 is 0. The predicted molar refractivity (Wildman–Crippen MR) is 153 cm³/mol. The number of likely N-dealkylation sites (N-methyl/N-ethyl adjacent to an activating group) is 3.